The SMILES string of the molecule is CC1CCN(C(=O)c2cc3c(s2)CCSC3)CC1Cl. The van der Waals surface area contributed by atoms with Crippen molar-refractivity contribution in [2.75, 3.05) is 18.8 Å². The number of carbonyl (C=O) groups excluding carboxylic acids is 1. The normalized spacial score (nSPS) is 27.2. The molecule has 0 aromatic carbocycles. The number of likely N-dealkylation sites (tertiary alicyclic amines) is 1. The number of rotatable bonds is 1. The molecule has 2 atom stereocenters. The summed E-state index contributed by atoms with van der Waals surface area (Å²) in [5.41, 5.74) is 1.37. The predicted octanol–water partition coefficient (Wildman–Crippen LogP) is 3.63. The summed E-state index contributed by atoms with van der Waals surface area (Å²) in [6.45, 7) is 3.71. The van der Waals surface area contributed by atoms with Crippen LogP contribution in [0.1, 0.15) is 33.5 Å². The maximum atomic E-state index is 12.5. The van der Waals surface area contributed by atoms with E-state index in [1.165, 1.54) is 16.2 Å². The van der Waals surface area contributed by atoms with Crippen molar-refractivity contribution in [3.63, 3.8) is 0 Å². The summed E-state index contributed by atoms with van der Waals surface area (Å²) in [5, 5.41) is 0.0999. The summed E-state index contributed by atoms with van der Waals surface area (Å²) in [6, 6.07) is 2.11. The number of hydrogen-bond donors (Lipinski definition) is 0. The quantitative estimate of drug-likeness (QED) is 0.738. The molecule has 1 aromatic heterocycles. The Hall–Kier alpha value is -0.190. The second-order valence-electron chi connectivity index (χ2n) is 5.39. The number of amides is 1. The maximum Gasteiger partial charge on any atom is 0.263 e. The molecule has 1 saturated heterocycles. The number of hydrogen-bond acceptors (Lipinski definition) is 3. The zero-order chi connectivity index (χ0) is 13.4. The molecule has 5 heteroatoms. The Labute approximate surface area is 127 Å². The van der Waals surface area contributed by atoms with E-state index in [2.05, 4.69) is 13.0 Å². The molecule has 1 amide bonds. The van der Waals surface area contributed by atoms with Crippen LogP contribution < -0.4 is 0 Å². The molecule has 2 aliphatic heterocycles. The van der Waals surface area contributed by atoms with Crippen LogP contribution in [-0.4, -0.2) is 35.0 Å². The average molecular weight is 316 g/mol. The zero-order valence-corrected chi connectivity index (χ0v) is 13.4. The Balaban J connectivity index is 1.75. The largest absolute Gasteiger partial charge is 0.336 e. The maximum absolute atomic E-state index is 12.5. The zero-order valence-electron chi connectivity index (χ0n) is 11.0. The Kier molecular flexibility index (Phi) is 4.11. The number of aryl methyl sites for hydroxylation is 1. The summed E-state index contributed by atoms with van der Waals surface area (Å²) >= 11 is 9.95. The number of alkyl halides is 1. The van der Waals surface area contributed by atoms with Crippen LogP contribution in [0.3, 0.4) is 0 Å². The third-order valence-electron chi connectivity index (χ3n) is 3.99. The van der Waals surface area contributed by atoms with Gasteiger partial charge in [0.15, 0.2) is 0 Å². The number of halogens is 1. The van der Waals surface area contributed by atoms with Crippen LogP contribution in [0.5, 0.6) is 0 Å². The molecule has 0 bridgehead atoms. The van der Waals surface area contributed by atoms with Crippen molar-refractivity contribution in [1.82, 2.24) is 4.90 Å². The molecular formula is C14H18ClNOS2. The fourth-order valence-corrected chi connectivity index (χ4v) is 5.25. The Morgan fingerprint density at radius 1 is 1.53 bits per heavy atom. The summed E-state index contributed by atoms with van der Waals surface area (Å²) in [4.78, 5) is 16.8. The molecule has 3 rings (SSSR count). The van der Waals surface area contributed by atoms with Gasteiger partial charge in [-0.15, -0.1) is 22.9 Å². The third kappa shape index (κ3) is 2.81. The summed E-state index contributed by atoms with van der Waals surface area (Å²) in [7, 11) is 0. The van der Waals surface area contributed by atoms with Crippen molar-refractivity contribution in [2.45, 2.75) is 30.9 Å². The molecule has 104 valence electrons. The van der Waals surface area contributed by atoms with Gasteiger partial charge in [-0.05, 0) is 36.1 Å². The summed E-state index contributed by atoms with van der Waals surface area (Å²) in [6.07, 6.45) is 2.13. The van der Waals surface area contributed by atoms with Crippen molar-refractivity contribution < 1.29 is 4.79 Å². The molecule has 2 unspecified atom stereocenters. The van der Waals surface area contributed by atoms with Gasteiger partial charge in [-0.1, -0.05) is 6.92 Å². The highest BCUT2D eigenvalue weighted by molar-refractivity contribution is 7.98. The average Bonchev–Trinajstić information content (AvgIpc) is 2.85. The highest BCUT2D eigenvalue weighted by Crippen LogP contribution is 2.33. The number of fused-ring (bicyclic) bond motifs is 1. The molecule has 0 spiro atoms. The third-order valence-corrected chi connectivity index (χ3v) is 6.79. The first-order valence-corrected chi connectivity index (χ1v) is 9.18. The van der Waals surface area contributed by atoms with Gasteiger partial charge < -0.3 is 4.90 Å². The topological polar surface area (TPSA) is 20.3 Å². The van der Waals surface area contributed by atoms with Crippen LogP contribution in [0.15, 0.2) is 6.07 Å². The molecule has 1 fully saturated rings. The molecule has 0 aliphatic carbocycles. The minimum absolute atomic E-state index is 0.0999. The number of piperidine rings is 1. The van der Waals surface area contributed by atoms with E-state index in [1.54, 1.807) is 11.3 Å². The van der Waals surface area contributed by atoms with Crippen molar-refractivity contribution >= 4 is 40.6 Å². The van der Waals surface area contributed by atoms with Gasteiger partial charge in [0, 0.05) is 23.7 Å². The first kappa shape index (κ1) is 13.8. The van der Waals surface area contributed by atoms with Crippen molar-refractivity contribution in [1.29, 1.82) is 0 Å². The summed E-state index contributed by atoms with van der Waals surface area (Å²) < 4.78 is 0. The van der Waals surface area contributed by atoms with E-state index in [0.29, 0.717) is 12.5 Å². The monoisotopic (exact) mass is 315 g/mol. The Bertz CT molecular complexity index is 464. The molecule has 1 aromatic rings. The van der Waals surface area contributed by atoms with Crippen molar-refractivity contribution in [3.05, 3.63) is 21.4 Å². The van der Waals surface area contributed by atoms with Crippen LogP contribution >= 0.6 is 34.7 Å². The van der Waals surface area contributed by atoms with Gasteiger partial charge in [0.2, 0.25) is 0 Å². The first-order valence-electron chi connectivity index (χ1n) is 6.78. The van der Waals surface area contributed by atoms with Gasteiger partial charge in [0.1, 0.15) is 0 Å². The van der Waals surface area contributed by atoms with Crippen molar-refractivity contribution in [2.24, 2.45) is 5.92 Å². The van der Waals surface area contributed by atoms with Crippen LogP contribution in [0.25, 0.3) is 0 Å². The molecular weight excluding hydrogens is 298 g/mol. The highest BCUT2D eigenvalue weighted by Gasteiger charge is 2.29. The minimum Gasteiger partial charge on any atom is -0.336 e. The van der Waals surface area contributed by atoms with Crippen LogP contribution in [0.4, 0.5) is 0 Å². The van der Waals surface area contributed by atoms with Gasteiger partial charge in [-0.3, -0.25) is 4.79 Å². The number of nitrogens with zero attached hydrogens (tertiary/aromatic N) is 1. The van der Waals surface area contributed by atoms with Gasteiger partial charge >= 0.3 is 0 Å². The van der Waals surface area contributed by atoms with Gasteiger partial charge in [-0.2, -0.15) is 11.8 Å². The van der Waals surface area contributed by atoms with Gasteiger partial charge in [0.05, 0.1) is 10.3 Å². The fraction of sp³-hybridized carbons (Fsp3) is 0.643. The summed E-state index contributed by atoms with van der Waals surface area (Å²) in [5.74, 6) is 2.95. The first-order chi connectivity index (χ1) is 9.15. The van der Waals surface area contributed by atoms with E-state index in [-0.39, 0.29) is 11.3 Å². The molecule has 0 saturated carbocycles. The second kappa shape index (κ2) is 5.66. The van der Waals surface area contributed by atoms with E-state index < -0.39 is 0 Å². The lowest BCUT2D eigenvalue weighted by Crippen LogP contribution is -2.43. The van der Waals surface area contributed by atoms with E-state index in [1.807, 2.05) is 16.7 Å². The fourth-order valence-electron chi connectivity index (χ4n) is 2.61. The molecule has 3 heterocycles. The molecule has 19 heavy (non-hydrogen) atoms. The smallest absolute Gasteiger partial charge is 0.263 e. The number of thioether (sulfide) groups is 1. The Morgan fingerprint density at radius 3 is 3.11 bits per heavy atom. The lowest BCUT2D eigenvalue weighted by Gasteiger charge is -2.33. The van der Waals surface area contributed by atoms with Gasteiger partial charge in [-0.25, -0.2) is 0 Å². The number of thiophene rings is 1. The number of carbonyl (C=O) groups is 1. The van der Waals surface area contributed by atoms with E-state index >= 15 is 0 Å². The Morgan fingerprint density at radius 2 is 2.37 bits per heavy atom. The van der Waals surface area contributed by atoms with Crippen LogP contribution in [0.2, 0.25) is 0 Å². The highest BCUT2D eigenvalue weighted by atomic mass is 35.5. The lowest BCUT2D eigenvalue weighted by atomic mass is 9.98. The standard InChI is InChI=1S/C14H18ClNOS2/c1-9-2-4-16(7-11(9)15)14(17)13-6-10-8-18-5-3-12(10)19-13/h6,9,11H,2-5,7-8H2,1H3. The van der Waals surface area contributed by atoms with E-state index in [0.717, 1.165) is 30.0 Å². The molecule has 0 N–H and O–H groups in total. The van der Waals surface area contributed by atoms with Gasteiger partial charge in [0.25, 0.3) is 5.91 Å². The van der Waals surface area contributed by atoms with Crippen LogP contribution in [-0.2, 0) is 12.2 Å². The molecule has 2 nitrogen and oxygen atoms in total. The minimum atomic E-state index is 0.0999. The van der Waals surface area contributed by atoms with E-state index in [4.69, 9.17) is 11.6 Å². The van der Waals surface area contributed by atoms with E-state index in [9.17, 15) is 4.79 Å². The lowest BCUT2D eigenvalue weighted by molar-refractivity contribution is 0.0706. The van der Waals surface area contributed by atoms with Crippen molar-refractivity contribution in [3.8, 4) is 0 Å². The molecule has 2 aliphatic rings. The predicted molar refractivity (Wildman–Crippen MR) is 83.5 cm³/mol. The molecule has 0 radical (unpaired) electrons. The second-order valence-corrected chi connectivity index (χ2v) is 8.20. The van der Waals surface area contributed by atoms with Crippen LogP contribution in [0, 0.1) is 5.92 Å².